The highest BCUT2D eigenvalue weighted by molar-refractivity contribution is 5.96. The molecule has 1 saturated carbocycles. The molecule has 1 aromatic heterocycles. The molecule has 1 aromatic carbocycles. The first-order chi connectivity index (χ1) is 18.1. The summed E-state index contributed by atoms with van der Waals surface area (Å²) in [5.74, 6) is -0.885. The number of rotatable bonds is 8. The van der Waals surface area contributed by atoms with Crippen molar-refractivity contribution in [2.45, 2.75) is 49.5 Å². The highest BCUT2D eigenvalue weighted by atomic mass is 19.4. The molecule has 2 aliphatic rings. The molecule has 13 heteroatoms. The van der Waals surface area contributed by atoms with Gasteiger partial charge in [-0.2, -0.15) is 18.2 Å². The largest absolute Gasteiger partial charge is 0.481 e. The molecule has 2 amide bonds. The van der Waals surface area contributed by atoms with Crippen molar-refractivity contribution in [2.24, 2.45) is 0 Å². The van der Waals surface area contributed by atoms with Crippen LogP contribution in [0.25, 0.3) is 0 Å². The first kappa shape index (κ1) is 27.6. The van der Waals surface area contributed by atoms with E-state index in [-0.39, 0.29) is 42.0 Å². The van der Waals surface area contributed by atoms with Gasteiger partial charge in [0, 0.05) is 30.9 Å². The van der Waals surface area contributed by atoms with Gasteiger partial charge in [-0.05, 0) is 43.9 Å². The molecule has 0 spiro atoms. The molecule has 206 valence electrons. The molecule has 2 heterocycles. The Hall–Kier alpha value is -3.45. The molecule has 2 aromatic rings. The predicted octanol–water partition coefficient (Wildman–Crippen LogP) is 1.87. The first-order valence-corrected chi connectivity index (χ1v) is 12.2. The maximum atomic E-state index is 13.2. The standard InChI is InChI=1S/C25H30F3N5O5/c1-37-22-19(13-31-23(32-22)38-2)24(36)8-6-17(7-9-24)33(18-11-29-12-18)20(34)14-30-21(35)15-4-3-5-16(10-15)25(26,27)28/h3-5,10,13,17-18,29,36H,6-9,11-12,14H2,1-2H3,(H,30,35). The third kappa shape index (κ3) is 5.83. The van der Waals surface area contributed by atoms with Gasteiger partial charge in [-0.15, -0.1) is 0 Å². The van der Waals surface area contributed by atoms with Crippen molar-refractivity contribution in [3.8, 4) is 11.9 Å². The summed E-state index contributed by atoms with van der Waals surface area (Å²) in [6, 6.07) is 3.90. The van der Waals surface area contributed by atoms with E-state index in [0.29, 0.717) is 44.3 Å². The van der Waals surface area contributed by atoms with Gasteiger partial charge < -0.3 is 30.1 Å². The second-order valence-corrected chi connectivity index (χ2v) is 9.42. The smallest absolute Gasteiger partial charge is 0.416 e. The summed E-state index contributed by atoms with van der Waals surface area (Å²) in [5, 5.41) is 17.0. The van der Waals surface area contributed by atoms with Crippen molar-refractivity contribution in [1.29, 1.82) is 0 Å². The van der Waals surface area contributed by atoms with E-state index in [9.17, 15) is 27.9 Å². The van der Waals surface area contributed by atoms with Crippen LogP contribution in [0.4, 0.5) is 13.2 Å². The number of carbonyl (C=O) groups excluding carboxylic acids is 2. The fourth-order valence-electron chi connectivity index (χ4n) is 4.91. The number of aliphatic hydroxyl groups is 1. The van der Waals surface area contributed by atoms with E-state index in [2.05, 4.69) is 20.6 Å². The van der Waals surface area contributed by atoms with Crippen LogP contribution in [-0.4, -0.2) is 77.7 Å². The SMILES string of the molecule is COc1ncc(C2(O)CCC(N(C(=O)CNC(=O)c3cccc(C(F)(F)F)c3)C3CNC3)CC2)c(OC)n1. The summed E-state index contributed by atoms with van der Waals surface area (Å²) in [5.41, 5.74) is -1.93. The molecule has 1 saturated heterocycles. The van der Waals surface area contributed by atoms with Crippen LogP contribution >= 0.6 is 0 Å². The van der Waals surface area contributed by atoms with Crippen LogP contribution < -0.4 is 20.1 Å². The normalized spacial score (nSPS) is 21.8. The minimum atomic E-state index is -4.58. The highest BCUT2D eigenvalue weighted by Crippen LogP contribution is 2.42. The van der Waals surface area contributed by atoms with Crippen molar-refractivity contribution in [3.63, 3.8) is 0 Å². The molecule has 3 N–H and O–H groups in total. The number of carbonyl (C=O) groups is 2. The first-order valence-electron chi connectivity index (χ1n) is 12.2. The second kappa shape index (κ2) is 11.1. The van der Waals surface area contributed by atoms with Crippen LogP contribution in [0.15, 0.2) is 30.5 Å². The summed E-state index contributed by atoms with van der Waals surface area (Å²) in [4.78, 5) is 35.7. The van der Waals surface area contributed by atoms with Crippen molar-refractivity contribution in [3.05, 3.63) is 47.2 Å². The van der Waals surface area contributed by atoms with Crippen LogP contribution in [0.2, 0.25) is 0 Å². The van der Waals surface area contributed by atoms with Crippen LogP contribution in [0, 0.1) is 0 Å². The van der Waals surface area contributed by atoms with E-state index < -0.39 is 23.2 Å². The van der Waals surface area contributed by atoms with E-state index in [4.69, 9.17) is 9.47 Å². The average Bonchev–Trinajstić information content (AvgIpc) is 2.88. The summed E-state index contributed by atoms with van der Waals surface area (Å²) in [7, 11) is 2.87. The Balaban J connectivity index is 1.42. The molecular weight excluding hydrogens is 507 g/mol. The molecule has 0 unspecified atom stereocenters. The van der Waals surface area contributed by atoms with Crippen molar-refractivity contribution in [1.82, 2.24) is 25.5 Å². The Labute approximate surface area is 217 Å². The monoisotopic (exact) mass is 537 g/mol. The van der Waals surface area contributed by atoms with Gasteiger partial charge in [0.05, 0.1) is 43.5 Å². The summed E-state index contributed by atoms with van der Waals surface area (Å²) in [6.07, 6.45) is -1.49. The minimum absolute atomic E-state index is 0.0805. The lowest BCUT2D eigenvalue weighted by molar-refractivity contribution is -0.139. The average molecular weight is 538 g/mol. The van der Waals surface area contributed by atoms with Crippen LogP contribution in [0.5, 0.6) is 11.9 Å². The third-order valence-corrected chi connectivity index (χ3v) is 7.08. The predicted molar refractivity (Wildman–Crippen MR) is 129 cm³/mol. The third-order valence-electron chi connectivity index (χ3n) is 7.08. The topological polar surface area (TPSA) is 126 Å². The number of hydrogen-bond donors (Lipinski definition) is 3. The number of nitrogens with one attached hydrogen (secondary N) is 2. The molecule has 0 radical (unpaired) electrons. The van der Waals surface area contributed by atoms with Gasteiger partial charge in [0.25, 0.3) is 5.91 Å². The van der Waals surface area contributed by atoms with Crippen LogP contribution in [0.3, 0.4) is 0 Å². The number of hydrogen-bond acceptors (Lipinski definition) is 8. The van der Waals surface area contributed by atoms with Gasteiger partial charge in [-0.1, -0.05) is 6.07 Å². The number of methoxy groups -OCH3 is 2. The molecule has 2 fully saturated rings. The van der Waals surface area contributed by atoms with E-state index in [1.54, 1.807) is 4.90 Å². The van der Waals surface area contributed by atoms with E-state index >= 15 is 0 Å². The lowest BCUT2D eigenvalue weighted by Gasteiger charge is -2.47. The summed E-state index contributed by atoms with van der Waals surface area (Å²) in [6.45, 7) is 0.828. The lowest BCUT2D eigenvalue weighted by Crippen LogP contribution is -2.63. The molecule has 1 aliphatic carbocycles. The summed E-state index contributed by atoms with van der Waals surface area (Å²) >= 11 is 0. The van der Waals surface area contributed by atoms with Crippen LogP contribution in [0.1, 0.15) is 47.2 Å². The molecule has 38 heavy (non-hydrogen) atoms. The Kier molecular flexibility index (Phi) is 8.07. The zero-order chi connectivity index (χ0) is 27.5. The summed E-state index contributed by atoms with van der Waals surface area (Å²) < 4.78 is 49.3. The lowest BCUT2D eigenvalue weighted by atomic mass is 9.77. The van der Waals surface area contributed by atoms with Gasteiger partial charge in [0.2, 0.25) is 11.8 Å². The van der Waals surface area contributed by atoms with E-state index in [1.807, 2.05) is 0 Å². The fourth-order valence-corrected chi connectivity index (χ4v) is 4.91. The molecule has 0 bridgehead atoms. The molecule has 10 nitrogen and oxygen atoms in total. The van der Waals surface area contributed by atoms with Gasteiger partial charge >= 0.3 is 12.2 Å². The van der Waals surface area contributed by atoms with E-state index in [1.165, 1.54) is 26.5 Å². The highest BCUT2D eigenvalue weighted by Gasteiger charge is 2.43. The number of benzene rings is 1. The van der Waals surface area contributed by atoms with Gasteiger partial charge in [0.15, 0.2) is 0 Å². The molecule has 4 rings (SSSR count). The number of nitrogens with zero attached hydrogens (tertiary/aromatic N) is 3. The maximum absolute atomic E-state index is 13.2. The Morgan fingerprint density at radius 2 is 1.89 bits per heavy atom. The number of alkyl halides is 3. The number of halogens is 3. The van der Waals surface area contributed by atoms with Crippen molar-refractivity contribution >= 4 is 11.8 Å². The van der Waals surface area contributed by atoms with Gasteiger partial charge in [-0.3, -0.25) is 9.59 Å². The molecule has 0 atom stereocenters. The quantitative estimate of drug-likeness (QED) is 0.466. The number of aromatic nitrogens is 2. The van der Waals surface area contributed by atoms with E-state index in [0.717, 1.165) is 18.2 Å². The maximum Gasteiger partial charge on any atom is 0.416 e. The van der Waals surface area contributed by atoms with Crippen molar-refractivity contribution < 1.29 is 37.3 Å². The zero-order valence-corrected chi connectivity index (χ0v) is 21.0. The number of amides is 2. The zero-order valence-electron chi connectivity index (χ0n) is 21.0. The molecular formula is C25H30F3N5O5. The fraction of sp³-hybridized carbons (Fsp3) is 0.520. The second-order valence-electron chi connectivity index (χ2n) is 9.42. The Morgan fingerprint density at radius 3 is 2.47 bits per heavy atom. The van der Waals surface area contributed by atoms with Crippen molar-refractivity contribution in [2.75, 3.05) is 33.9 Å². The van der Waals surface area contributed by atoms with Gasteiger partial charge in [-0.25, -0.2) is 4.98 Å². The van der Waals surface area contributed by atoms with Crippen LogP contribution in [-0.2, 0) is 16.6 Å². The van der Waals surface area contributed by atoms with Gasteiger partial charge in [0.1, 0.15) is 0 Å². The Bertz CT molecular complexity index is 1170. The molecule has 1 aliphatic heterocycles. The Morgan fingerprint density at radius 1 is 1.18 bits per heavy atom. The minimum Gasteiger partial charge on any atom is -0.481 e. The number of ether oxygens (including phenoxy) is 2.